The second-order valence-electron chi connectivity index (χ2n) is 4.12. The molecule has 0 spiro atoms. The van der Waals surface area contributed by atoms with Gasteiger partial charge in [-0.25, -0.2) is 8.42 Å². The minimum atomic E-state index is -3.43. The summed E-state index contributed by atoms with van der Waals surface area (Å²) in [6.45, 7) is 0. The molecule has 2 aromatic rings. The first kappa shape index (κ1) is 15.3. The maximum atomic E-state index is 12.0. The number of rotatable bonds is 5. The van der Waals surface area contributed by atoms with Crippen LogP contribution in [0.5, 0.6) is 0 Å². The summed E-state index contributed by atoms with van der Waals surface area (Å²) < 4.78 is 27.2. The molecule has 0 saturated heterocycles. The lowest BCUT2D eigenvalue weighted by atomic mass is 10.3. The van der Waals surface area contributed by atoms with Gasteiger partial charge in [0.2, 0.25) is 10.0 Å². The number of benzene rings is 1. The molecule has 1 N–H and O–H groups in total. The fourth-order valence-electron chi connectivity index (χ4n) is 1.58. The highest BCUT2D eigenvalue weighted by Crippen LogP contribution is 2.26. The lowest BCUT2D eigenvalue weighted by Crippen LogP contribution is -2.18. The predicted octanol–water partition coefficient (Wildman–Crippen LogP) is 3.48. The standard InChI is InChI=1S/C13H12BrClN2O2S/c14-12-9-10(15)4-5-13(12)17-20(18,19)8-6-11-3-1-2-7-16-11/h1-5,7,9,17H,6,8H2. The molecule has 106 valence electrons. The normalized spacial score (nSPS) is 11.3. The molecule has 0 unspecified atom stereocenters. The van der Waals surface area contributed by atoms with E-state index in [0.29, 0.717) is 21.6 Å². The largest absolute Gasteiger partial charge is 0.282 e. The topological polar surface area (TPSA) is 59.1 Å². The highest BCUT2D eigenvalue weighted by atomic mass is 79.9. The third kappa shape index (κ3) is 4.47. The Labute approximate surface area is 131 Å². The van der Waals surface area contributed by atoms with Gasteiger partial charge in [-0.15, -0.1) is 0 Å². The first-order chi connectivity index (χ1) is 9.46. The quantitative estimate of drug-likeness (QED) is 0.870. The Hall–Kier alpha value is -1.11. The van der Waals surface area contributed by atoms with Gasteiger partial charge in [-0.2, -0.15) is 0 Å². The summed E-state index contributed by atoms with van der Waals surface area (Å²) in [7, 11) is -3.43. The molecular formula is C13H12BrClN2O2S. The molecule has 0 fully saturated rings. The summed E-state index contributed by atoms with van der Waals surface area (Å²) >= 11 is 9.09. The zero-order chi connectivity index (χ0) is 14.6. The number of anilines is 1. The van der Waals surface area contributed by atoms with Crippen molar-refractivity contribution in [2.75, 3.05) is 10.5 Å². The summed E-state index contributed by atoms with van der Waals surface area (Å²) in [5.74, 6) is -0.0287. The average Bonchev–Trinajstić information content (AvgIpc) is 2.41. The third-order valence-electron chi connectivity index (χ3n) is 2.55. The number of nitrogens with zero attached hydrogens (tertiary/aromatic N) is 1. The number of hydrogen-bond acceptors (Lipinski definition) is 3. The van der Waals surface area contributed by atoms with E-state index in [-0.39, 0.29) is 5.75 Å². The molecule has 0 aliphatic carbocycles. The fourth-order valence-corrected chi connectivity index (χ4v) is 3.58. The van der Waals surface area contributed by atoms with E-state index in [1.807, 2.05) is 6.07 Å². The van der Waals surface area contributed by atoms with Gasteiger partial charge in [0.25, 0.3) is 0 Å². The Kier molecular flexibility index (Phi) is 5.01. The van der Waals surface area contributed by atoms with Crippen molar-refractivity contribution < 1.29 is 8.42 Å². The zero-order valence-corrected chi connectivity index (χ0v) is 13.5. The van der Waals surface area contributed by atoms with Gasteiger partial charge in [0.05, 0.1) is 11.4 Å². The Bertz CT molecular complexity index is 693. The van der Waals surface area contributed by atoms with E-state index in [2.05, 4.69) is 25.6 Å². The minimum absolute atomic E-state index is 0.0287. The van der Waals surface area contributed by atoms with Gasteiger partial charge in [0.1, 0.15) is 0 Å². The van der Waals surface area contributed by atoms with Crippen LogP contribution in [-0.2, 0) is 16.4 Å². The van der Waals surface area contributed by atoms with Crippen molar-refractivity contribution in [3.8, 4) is 0 Å². The first-order valence-electron chi connectivity index (χ1n) is 5.82. The van der Waals surface area contributed by atoms with Crippen molar-refractivity contribution in [1.29, 1.82) is 0 Å². The van der Waals surface area contributed by atoms with Crippen LogP contribution in [0.15, 0.2) is 47.1 Å². The van der Waals surface area contributed by atoms with E-state index < -0.39 is 10.0 Å². The van der Waals surface area contributed by atoms with Crippen molar-refractivity contribution >= 4 is 43.2 Å². The number of sulfonamides is 1. The van der Waals surface area contributed by atoms with Crippen LogP contribution in [0.2, 0.25) is 5.02 Å². The molecule has 0 aliphatic rings. The highest BCUT2D eigenvalue weighted by Gasteiger charge is 2.13. The summed E-state index contributed by atoms with van der Waals surface area (Å²) in [5.41, 5.74) is 1.21. The van der Waals surface area contributed by atoms with E-state index >= 15 is 0 Å². The van der Waals surface area contributed by atoms with E-state index in [0.717, 1.165) is 5.69 Å². The van der Waals surface area contributed by atoms with E-state index in [1.54, 1.807) is 36.5 Å². The number of hydrogen-bond donors (Lipinski definition) is 1. The maximum Gasteiger partial charge on any atom is 0.233 e. The third-order valence-corrected chi connectivity index (χ3v) is 4.71. The summed E-state index contributed by atoms with van der Waals surface area (Å²) in [6.07, 6.45) is 2.01. The molecule has 0 radical (unpaired) electrons. The monoisotopic (exact) mass is 374 g/mol. The van der Waals surface area contributed by atoms with Crippen LogP contribution in [-0.4, -0.2) is 19.2 Å². The van der Waals surface area contributed by atoms with Crippen LogP contribution in [0.1, 0.15) is 5.69 Å². The van der Waals surface area contributed by atoms with Gasteiger partial charge < -0.3 is 0 Å². The Morgan fingerprint density at radius 1 is 1.25 bits per heavy atom. The van der Waals surface area contributed by atoms with Crippen molar-refractivity contribution in [3.63, 3.8) is 0 Å². The molecule has 20 heavy (non-hydrogen) atoms. The van der Waals surface area contributed by atoms with Gasteiger partial charge in [-0.3, -0.25) is 9.71 Å². The molecule has 2 rings (SSSR count). The van der Waals surface area contributed by atoms with E-state index in [1.165, 1.54) is 0 Å². The van der Waals surface area contributed by atoms with Crippen LogP contribution < -0.4 is 4.72 Å². The van der Waals surface area contributed by atoms with E-state index in [4.69, 9.17) is 11.6 Å². The van der Waals surface area contributed by atoms with Crippen LogP contribution in [0.25, 0.3) is 0 Å². The van der Waals surface area contributed by atoms with Crippen LogP contribution in [0.3, 0.4) is 0 Å². The molecule has 1 aromatic heterocycles. The zero-order valence-electron chi connectivity index (χ0n) is 10.4. The fraction of sp³-hybridized carbons (Fsp3) is 0.154. The summed E-state index contributed by atoms with van der Waals surface area (Å²) in [4.78, 5) is 4.10. The number of halogens is 2. The van der Waals surface area contributed by atoms with Gasteiger partial charge in [-0.1, -0.05) is 17.7 Å². The summed E-state index contributed by atoms with van der Waals surface area (Å²) in [6, 6.07) is 10.3. The molecule has 0 bridgehead atoms. The first-order valence-corrected chi connectivity index (χ1v) is 8.64. The van der Waals surface area contributed by atoms with E-state index in [9.17, 15) is 8.42 Å². The molecule has 1 aromatic carbocycles. The molecule has 1 heterocycles. The van der Waals surface area contributed by atoms with Gasteiger partial charge in [-0.05, 0) is 46.3 Å². The molecule has 0 amide bonds. The SMILES string of the molecule is O=S(=O)(CCc1ccccn1)Nc1ccc(Cl)cc1Br. The molecule has 4 nitrogen and oxygen atoms in total. The maximum absolute atomic E-state index is 12.0. The van der Waals surface area contributed by atoms with Crippen LogP contribution in [0, 0.1) is 0 Å². The lowest BCUT2D eigenvalue weighted by molar-refractivity contribution is 0.600. The van der Waals surface area contributed by atoms with Crippen molar-refractivity contribution in [2.24, 2.45) is 0 Å². The van der Waals surface area contributed by atoms with Gasteiger partial charge >= 0.3 is 0 Å². The van der Waals surface area contributed by atoms with Crippen molar-refractivity contribution in [2.45, 2.75) is 6.42 Å². The van der Waals surface area contributed by atoms with Gasteiger partial charge in [0.15, 0.2) is 0 Å². The number of nitrogens with one attached hydrogen (secondary N) is 1. The Morgan fingerprint density at radius 3 is 2.70 bits per heavy atom. The second-order valence-corrected chi connectivity index (χ2v) is 7.25. The van der Waals surface area contributed by atoms with Crippen molar-refractivity contribution in [1.82, 2.24) is 4.98 Å². The Balaban J connectivity index is 2.04. The number of pyridine rings is 1. The number of aromatic nitrogens is 1. The van der Waals surface area contributed by atoms with Gasteiger partial charge in [0, 0.05) is 27.8 Å². The Morgan fingerprint density at radius 2 is 2.05 bits per heavy atom. The highest BCUT2D eigenvalue weighted by molar-refractivity contribution is 9.10. The van der Waals surface area contributed by atoms with Crippen LogP contribution in [0.4, 0.5) is 5.69 Å². The summed E-state index contributed by atoms with van der Waals surface area (Å²) in [5, 5.41) is 0.535. The lowest BCUT2D eigenvalue weighted by Gasteiger charge is -2.09. The minimum Gasteiger partial charge on any atom is -0.282 e. The molecule has 0 saturated carbocycles. The van der Waals surface area contributed by atoms with Crippen molar-refractivity contribution in [3.05, 3.63) is 57.8 Å². The smallest absolute Gasteiger partial charge is 0.233 e. The van der Waals surface area contributed by atoms with Crippen LogP contribution >= 0.6 is 27.5 Å². The average molecular weight is 376 g/mol. The molecule has 7 heteroatoms. The predicted molar refractivity (Wildman–Crippen MR) is 84.5 cm³/mol. The second kappa shape index (κ2) is 6.56. The molecule has 0 aliphatic heterocycles. The molecule has 0 atom stereocenters. The number of aryl methyl sites for hydroxylation is 1. The molecular weight excluding hydrogens is 364 g/mol.